The molecule has 0 amide bonds. The molecule has 1 aromatic carbocycles. The molecule has 0 fully saturated rings. The number of hydrogen-bond donors (Lipinski definition) is 1. The Morgan fingerprint density at radius 1 is 1.14 bits per heavy atom. The van der Waals surface area contributed by atoms with Crippen LogP contribution in [0, 0.1) is 13.8 Å². The van der Waals surface area contributed by atoms with E-state index in [1.54, 1.807) is 0 Å². The molecule has 0 radical (unpaired) electrons. The molecule has 2 N–H and O–H groups in total. The summed E-state index contributed by atoms with van der Waals surface area (Å²) in [6.45, 7) is 15.1. The molecular formula is C18H27N3. The maximum atomic E-state index is 6.44. The molecule has 21 heavy (non-hydrogen) atoms. The van der Waals surface area contributed by atoms with Crippen molar-refractivity contribution in [1.29, 1.82) is 0 Å². The molecule has 2 rings (SSSR count). The van der Waals surface area contributed by atoms with Gasteiger partial charge in [0.15, 0.2) is 0 Å². The van der Waals surface area contributed by atoms with Gasteiger partial charge in [0.2, 0.25) is 0 Å². The van der Waals surface area contributed by atoms with Crippen molar-refractivity contribution in [3.8, 4) is 11.3 Å². The number of nitrogen functional groups attached to an aromatic ring is 1. The molecule has 3 nitrogen and oxygen atoms in total. The van der Waals surface area contributed by atoms with Crippen molar-refractivity contribution in [1.82, 2.24) is 9.55 Å². The Kier molecular flexibility index (Phi) is 3.87. The van der Waals surface area contributed by atoms with Crippen LogP contribution in [-0.2, 0) is 5.41 Å². The SMILES string of the molecule is Cc1ccc(-c2nc(C(C)(C)C)n(C(C)C)c2N)c(C)c1. The Morgan fingerprint density at radius 3 is 2.19 bits per heavy atom. The second-order valence-electron chi connectivity index (χ2n) is 7.20. The van der Waals surface area contributed by atoms with E-state index in [9.17, 15) is 0 Å². The molecule has 0 saturated heterocycles. The highest BCUT2D eigenvalue weighted by Crippen LogP contribution is 2.35. The second-order valence-corrected chi connectivity index (χ2v) is 7.20. The van der Waals surface area contributed by atoms with Crippen LogP contribution in [0.3, 0.4) is 0 Å². The Bertz CT molecular complexity index is 658. The van der Waals surface area contributed by atoms with Crippen molar-refractivity contribution in [2.24, 2.45) is 0 Å². The fraction of sp³-hybridized carbons (Fsp3) is 0.500. The van der Waals surface area contributed by atoms with Crippen LogP contribution in [0.2, 0.25) is 0 Å². The predicted octanol–water partition coefficient (Wildman–Crippen LogP) is 4.63. The van der Waals surface area contributed by atoms with Crippen LogP contribution in [0.25, 0.3) is 11.3 Å². The molecule has 0 unspecified atom stereocenters. The third kappa shape index (κ3) is 2.82. The summed E-state index contributed by atoms with van der Waals surface area (Å²) in [6, 6.07) is 6.72. The Morgan fingerprint density at radius 2 is 1.76 bits per heavy atom. The van der Waals surface area contributed by atoms with Gasteiger partial charge >= 0.3 is 0 Å². The number of hydrogen-bond acceptors (Lipinski definition) is 2. The largest absolute Gasteiger partial charge is 0.383 e. The normalized spacial score (nSPS) is 12.2. The molecular weight excluding hydrogens is 258 g/mol. The summed E-state index contributed by atoms with van der Waals surface area (Å²) < 4.78 is 2.16. The summed E-state index contributed by atoms with van der Waals surface area (Å²) >= 11 is 0. The van der Waals surface area contributed by atoms with Crippen LogP contribution in [0.5, 0.6) is 0 Å². The fourth-order valence-corrected chi connectivity index (χ4v) is 2.77. The quantitative estimate of drug-likeness (QED) is 0.874. The third-order valence-corrected chi connectivity index (χ3v) is 3.77. The maximum Gasteiger partial charge on any atom is 0.132 e. The van der Waals surface area contributed by atoms with E-state index >= 15 is 0 Å². The van der Waals surface area contributed by atoms with E-state index in [4.69, 9.17) is 10.7 Å². The molecule has 1 aromatic heterocycles. The first-order valence-corrected chi connectivity index (χ1v) is 7.58. The summed E-state index contributed by atoms with van der Waals surface area (Å²) in [5, 5.41) is 0. The highest BCUT2D eigenvalue weighted by molar-refractivity contribution is 5.74. The average Bonchev–Trinajstić information content (AvgIpc) is 2.67. The average molecular weight is 285 g/mol. The van der Waals surface area contributed by atoms with Gasteiger partial charge in [0.05, 0.1) is 0 Å². The van der Waals surface area contributed by atoms with Gasteiger partial charge in [-0.1, -0.05) is 44.5 Å². The van der Waals surface area contributed by atoms with Gasteiger partial charge in [0, 0.05) is 17.0 Å². The van der Waals surface area contributed by atoms with Crippen molar-refractivity contribution in [2.45, 2.75) is 59.9 Å². The number of benzene rings is 1. The van der Waals surface area contributed by atoms with Gasteiger partial charge in [0.25, 0.3) is 0 Å². The van der Waals surface area contributed by atoms with Gasteiger partial charge in [-0.25, -0.2) is 4.98 Å². The van der Waals surface area contributed by atoms with Crippen molar-refractivity contribution in [2.75, 3.05) is 5.73 Å². The van der Waals surface area contributed by atoms with Crippen LogP contribution in [0.4, 0.5) is 5.82 Å². The molecule has 3 heteroatoms. The number of aryl methyl sites for hydroxylation is 2. The molecule has 1 heterocycles. The number of anilines is 1. The summed E-state index contributed by atoms with van der Waals surface area (Å²) in [5.41, 5.74) is 10.9. The third-order valence-electron chi connectivity index (χ3n) is 3.77. The lowest BCUT2D eigenvalue weighted by Crippen LogP contribution is -2.21. The maximum absolute atomic E-state index is 6.44. The Balaban J connectivity index is 2.71. The zero-order valence-corrected chi connectivity index (χ0v) is 14.3. The summed E-state index contributed by atoms with van der Waals surface area (Å²) in [7, 11) is 0. The standard InChI is InChI=1S/C18H27N3/c1-11(2)21-16(19)15(20-17(21)18(5,6)7)14-9-8-12(3)10-13(14)4/h8-11H,19H2,1-7H3. The zero-order valence-electron chi connectivity index (χ0n) is 14.3. The van der Waals surface area contributed by atoms with Gasteiger partial charge in [-0.2, -0.15) is 0 Å². The van der Waals surface area contributed by atoms with Gasteiger partial charge in [-0.05, 0) is 33.3 Å². The minimum atomic E-state index is -0.0325. The molecule has 0 aliphatic carbocycles. The van der Waals surface area contributed by atoms with E-state index < -0.39 is 0 Å². The fourth-order valence-electron chi connectivity index (χ4n) is 2.77. The lowest BCUT2D eigenvalue weighted by atomic mass is 9.95. The highest BCUT2D eigenvalue weighted by atomic mass is 15.2. The molecule has 2 aromatic rings. The minimum absolute atomic E-state index is 0.0325. The predicted molar refractivity (Wildman–Crippen MR) is 90.6 cm³/mol. The molecule has 0 saturated carbocycles. The zero-order chi connectivity index (χ0) is 15.9. The van der Waals surface area contributed by atoms with Crippen molar-refractivity contribution in [3.05, 3.63) is 35.2 Å². The van der Waals surface area contributed by atoms with Gasteiger partial charge in [-0.3, -0.25) is 0 Å². The number of rotatable bonds is 2. The van der Waals surface area contributed by atoms with Gasteiger partial charge in [0.1, 0.15) is 17.3 Å². The van der Waals surface area contributed by atoms with Crippen LogP contribution >= 0.6 is 0 Å². The molecule has 0 atom stereocenters. The molecule has 0 aliphatic heterocycles. The monoisotopic (exact) mass is 285 g/mol. The van der Waals surface area contributed by atoms with Crippen molar-refractivity contribution in [3.63, 3.8) is 0 Å². The topological polar surface area (TPSA) is 43.8 Å². The molecule has 114 valence electrons. The van der Waals surface area contributed by atoms with E-state index in [1.165, 1.54) is 11.1 Å². The summed E-state index contributed by atoms with van der Waals surface area (Å²) in [5.74, 6) is 1.81. The van der Waals surface area contributed by atoms with Gasteiger partial charge in [-0.15, -0.1) is 0 Å². The van der Waals surface area contributed by atoms with Crippen LogP contribution < -0.4 is 5.73 Å². The summed E-state index contributed by atoms with van der Waals surface area (Å²) in [6.07, 6.45) is 0. The van der Waals surface area contributed by atoms with Crippen molar-refractivity contribution < 1.29 is 0 Å². The molecule has 0 bridgehead atoms. The second kappa shape index (κ2) is 5.21. The summed E-state index contributed by atoms with van der Waals surface area (Å²) in [4.78, 5) is 4.90. The number of aromatic nitrogens is 2. The first kappa shape index (κ1) is 15.6. The minimum Gasteiger partial charge on any atom is -0.383 e. The highest BCUT2D eigenvalue weighted by Gasteiger charge is 2.27. The molecule has 0 aliphatic rings. The van der Waals surface area contributed by atoms with Crippen LogP contribution in [-0.4, -0.2) is 9.55 Å². The van der Waals surface area contributed by atoms with E-state index in [0.717, 1.165) is 22.9 Å². The first-order chi connectivity index (χ1) is 9.62. The number of nitrogens with zero attached hydrogens (tertiary/aromatic N) is 2. The van der Waals surface area contributed by atoms with Crippen molar-refractivity contribution >= 4 is 5.82 Å². The Hall–Kier alpha value is -1.77. The van der Waals surface area contributed by atoms with Crippen LogP contribution in [0.1, 0.15) is 57.6 Å². The Labute approximate surface area is 128 Å². The van der Waals surface area contributed by atoms with E-state index in [-0.39, 0.29) is 5.41 Å². The lowest BCUT2D eigenvalue weighted by molar-refractivity contribution is 0.473. The lowest BCUT2D eigenvalue weighted by Gasteiger charge is -2.22. The molecule has 0 spiro atoms. The van der Waals surface area contributed by atoms with Crippen LogP contribution in [0.15, 0.2) is 18.2 Å². The number of nitrogens with two attached hydrogens (primary N) is 1. The van der Waals surface area contributed by atoms with E-state index in [0.29, 0.717) is 6.04 Å². The van der Waals surface area contributed by atoms with E-state index in [2.05, 4.69) is 71.2 Å². The smallest absolute Gasteiger partial charge is 0.132 e. The van der Waals surface area contributed by atoms with E-state index in [1.807, 2.05) is 0 Å². The number of imidazole rings is 1. The van der Waals surface area contributed by atoms with Gasteiger partial charge < -0.3 is 10.3 Å². The first-order valence-electron chi connectivity index (χ1n) is 7.58.